The maximum Gasteiger partial charge on any atom is 0.256 e. The number of aryl methyl sites for hydroxylation is 2. The number of hydrogen-bond donors (Lipinski definition) is 0. The van der Waals surface area contributed by atoms with Crippen LogP contribution in [0.2, 0.25) is 0 Å². The van der Waals surface area contributed by atoms with E-state index in [1.165, 1.54) is 17.5 Å². The summed E-state index contributed by atoms with van der Waals surface area (Å²) in [5, 5.41) is 4.58. The van der Waals surface area contributed by atoms with E-state index < -0.39 is 5.89 Å². The van der Waals surface area contributed by atoms with Gasteiger partial charge < -0.3 is 4.42 Å². The SMILES string of the molecule is [2H]C1(c2ccc3c(ccc4c5cc[n+](C)c(-c6ccccc6C)c5oc34)c2)CCCCC1. The molecule has 2 nitrogen and oxygen atoms in total. The predicted molar refractivity (Wildman–Crippen MR) is 128 cm³/mol. The molecule has 6 rings (SSSR count). The van der Waals surface area contributed by atoms with Crippen molar-refractivity contribution in [3.05, 3.63) is 78.0 Å². The van der Waals surface area contributed by atoms with E-state index in [2.05, 4.69) is 85.4 Å². The summed E-state index contributed by atoms with van der Waals surface area (Å²) >= 11 is 0. The predicted octanol–water partition coefficient (Wildman–Crippen LogP) is 7.59. The van der Waals surface area contributed by atoms with Gasteiger partial charge in [-0.3, -0.25) is 0 Å². The number of pyridine rings is 1. The van der Waals surface area contributed by atoms with Crippen LogP contribution in [-0.2, 0) is 7.05 Å². The molecular weight excluding hydrogens is 378 g/mol. The van der Waals surface area contributed by atoms with Gasteiger partial charge in [-0.2, -0.15) is 4.57 Å². The summed E-state index contributed by atoms with van der Waals surface area (Å²) in [6.07, 6.45) is 7.61. The first-order valence-corrected chi connectivity index (χ1v) is 11.4. The van der Waals surface area contributed by atoms with E-state index in [0.717, 1.165) is 69.7 Å². The van der Waals surface area contributed by atoms with E-state index in [1.54, 1.807) is 0 Å². The monoisotopic (exact) mass is 407 g/mol. The second-order valence-electron chi connectivity index (χ2n) is 8.98. The van der Waals surface area contributed by atoms with Crippen LogP contribution in [0.25, 0.3) is 44.0 Å². The number of aromatic nitrogens is 1. The first kappa shape index (κ1) is 17.5. The van der Waals surface area contributed by atoms with Gasteiger partial charge in [-0.25, -0.2) is 0 Å². The summed E-state index contributed by atoms with van der Waals surface area (Å²) in [4.78, 5) is 0. The Labute approximate surface area is 184 Å². The number of furan rings is 1. The van der Waals surface area contributed by atoms with Crippen LogP contribution in [-0.4, -0.2) is 0 Å². The molecule has 3 aromatic carbocycles. The first-order chi connectivity index (χ1) is 15.5. The minimum Gasteiger partial charge on any atom is -0.448 e. The normalized spacial score (nSPS) is 16.8. The molecule has 0 spiro atoms. The molecule has 0 atom stereocenters. The number of nitrogens with zero attached hydrogens (tertiary/aromatic N) is 1. The number of benzene rings is 3. The van der Waals surface area contributed by atoms with Crippen molar-refractivity contribution in [2.45, 2.75) is 44.9 Å². The van der Waals surface area contributed by atoms with E-state index in [0.29, 0.717) is 0 Å². The molecular formula is C29H28NO+. The number of rotatable bonds is 2. The second kappa shape index (κ2) is 7.23. The highest BCUT2D eigenvalue weighted by Crippen LogP contribution is 2.39. The van der Waals surface area contributed by atoms with Gasteiger partial charge in [0.2, 0.25) is 5.58 Å². The summed E-state index contributed by atoms with van der Waals surface area (Å²) < 4.78 is 17.8. The molecule has 0 N–H and O–H groups in total. The lowest BCUT2D eigenvalue weighted by molar-refractivity contribution is -0.659. The van der Waals surface area contributed by atoms with E-state index in [-0.39, 0.29) is 0 Å². The molecule has 1 saturated carbocycles. The van der Waals surface area contributed by atoms with E-state index in [9.17, 15) is 0 Å². The maximum atomic E-state index is 9.03. The van der Waals surface area contributed by atoms with Crippen molar-refractivity contribution < 1.29 is 10.4 Å². The van der Waals surface area contributed by atoms with Crippen molar-refractivity contribution in [2.75, 3.05) is 0 Å². The van der Waals surface area contributed by atoms with Crippen LogP contribution >= 0.6 is 0 Å². The second-order valence-corrected chi connectivity index (χ2v) is 8.98. The molecule has 2 heterocycles. The summed E-state index contributed by atoms with van der Waals surface area (Å²) in [6.45, 7) is 2.15. The minimum atomic E-state index is -0.443. The van der Waals surface area contributed by atoms with Gasteiger partial charge in [-0.1, -0.05) is 61.7 Å². The zero-order valence-corrected chi connectivity index (χ0v) is 18.2. The highest BCUT2D eigenvalue weighted by atomic mass is 16.3. The molecule has 0 bridgehead atoms. The van der Waals surface area contributed by atoms with Gasteiger partial charge in [0.15, 0.2) is 6.20 Å². The Kier molecular flexibility index (Phi) is 4.09. The van der Waals surface area contributed by atoms with Gasteiger partial charge in [-0.15, -0.1) is 0 Å². The molecule has 0 unspecified atom stereocenters. The molecule has 0 radical (unpaired) electrons. The lowest BCUT2D eigenvalue weighted by atomic mass is 9.83. The van der Waals surface area contributed by atoms with Crippen LogP contribution in [0.1, 0.15) is 50.5 Å². The van der Waals surface area contributed by atoms with Crippen molar-refractivity contribution in [3.8, 4) is 11.3 Å². The van der Waals surface area contributed by atoms with Gasteiger partial charge in [0.1, 0.15) is 12.6 Å². The van der Waals surface area contributed by atoms with Crippen LogP contribution in [0, 0.1) is 6.92 Å². The minimum absolute atomic E-state index is 0.443. The Bertz CT molecular complexity index is 1490. The highest BCUT2D eigenvalue weighted by molar-refractivity contribution is 6.16. The molecule has 1 aliphatic carbocycles. The Morgan fingerprint density at radius 1 is 0.871 bits per heavy atom. The summed E-state index contributed by atoms with van der Waals surface area (Å²) in [7, 11) is 2.08. The van der Waals surface area contributed by atoms with Crippen molar-refractivity contribution in [1.82, 2.24) is 0 Å². The molecule has 0 amide bonds. The van der Waals surface area contributed by atoms with Gasteiger partial charge in [0.05, 0.1) is 5.56 Å². The third-order valence-electron chi connectivity index (χ3n) is 7.01. The zero-order chi connectivity index (χ0) is 21.9. The van der Waals surface area contributed by atoms with E-state index in [1.807, 2.05) is 0 Å². The largest absolute Gasteiger partial charge is 0.448 e. The number of fused-ring (bicyclic) bond motifs is 5. The highest BCUT2D eigenvalue weighted by Gasteiger charge is 2.23. The average molecular weight is 408 g/mol. The fourth-order valence-electron chi connectivity index (χ4n) is 5.30. The van der Waals surface area contributed by atoms with Crippen molar-refractivity contribution in [3.63, 3.8) is 0 Å². The average Bonchev–Trinajstić information content (AvgIpc) is 3.19. The first-order valence-electron chi connectivity index (χ1n) is 11.9. The quantitative estimate of drug-likeness (QED) is 0.276. The summed E-state index contributed by atoms with van der Waals surface area (Å²) in [5.41, 5.74) is 6.55. The molecule has 0 aliphatic heterocycles. The fraction of sp³-hybridized carbons (Fsp3) is 0.276. The zero-order valence-electron chi connectivity index (χ0n) is 19.2. The van der Waals surface area contributed by atoms with Gasteiger partial charge >= 0.3 is 0 Å². The Hall–Kier alpha value is -3.13. The third kappa shape index (κ3) is 2.96. The summed E-state index contributed by atoms with van der Waals surface area (Å²) in [5.74, 6) is -0.443. The van der Waals surface area contributed by atoms with E-state index in [4.69, 9.17) is 5.79 Å². The van der Waals surface area contributed by atoms with Crippen molar-refractivity contribution >= 4 is 32.7 Å². The Morgan fingerprint density at radius 2 is 1.65 bits per heavy atom. The number of hydrogen-bond acceptors (Lipinski definition) is 1. The topological polar surface area (TPSA) is 17.0 Å². The Morgan fingerprint density at radius 3 is 2.48 bits per heavy atom. The van der Waals surface area contributed by atoms with Crippen LogP contribution in [0.4, 0.5) is 0 Å². The van der Waals surface area contributed by atoms with Crippen molar-refractivity contribution in [1.29, 1.82) is 0 Å². The van der Waals surface area contributed by atoms with Gasteiger partial charge in [0, 0.05) is 23.6 Å². The van der Waals surface area contributed by atoms with Gasteiger partial charge in [0.25, 0.3) is 5.69 Å². The molecule has 2 heteroatoms. The van der Waals surface area contributed by atoms with Crippen LogP contribution in [0.5, 0.6) is 0 Å². The van der Waals surface area contributed by atoms with Crippen molar-refractivity contribution in [2.24, 2.45) is 7.05 Å². The smallest absolute Gasteiger partial charge is 0.256 e. The fourth-order valence-corrected chi connectivity index (χ4v) is 5.30. The molecule has 1 fully saturated rings. The van der Waals surface area contributed by atoms with Gasteiger partial charge in [-0.05, 0) is 54.3 Å². The molecule has 0 saturated heterocycles. The Balaban J connectivity index is 1.60. The summed E-state index contributed by atoms with van der Waals surface area (Å²) in [6, 6.07) is 21.6. The molecule has 154 valence electrons. The van der Waals surface area contributed by atoms with E-state index >= 15 is 0 Å². The molecule has 2 aromatic heterocycles. The standard InChI is InChI=1S/C29H28NO/c1-19-8-6-7-11-23(19)27-29-26(16-17-30(27)2)25-15-13-22-18-21(20-9-4-3-5-10-20)12-14-24(22)28(25)31-29/h6-8,11-18,20H,3-5,9-10H2,1-2H3/q+1/i20D. The van der Waals surface area contributed by atoms with Crippen LogP contribution < -0.4 is 4.57 Å². The molecule has 1 aliphatic rings. The molecule has 31 heavy (non-hydrogen) atoms. The van der Waals surface area contributed by atoms with Crippen LogP contribution in [0.15, 0.2) is 71.3 Å². The third-order valence-corrected chi connectivity index (χ3v) is 7.01. The lowest BCUT2D eigenvalue weighted by Crippen LogP contribution is -2.30. The lowest BCUT2D eigenvalue weighted by Gasteiger charge is -2.22. The maximum absolute atomic E-state index is 9.03. The molecule has 5 aromatic rings. The van der Waals surface area contributed by atoms with Crippen LogP contribution in [0.3, 0.4) is 0 Å².